The summed E-state index contributed by atoms with van der Waals surface area (Å²) in [4.78, 5) is 16.5. The Labute approximate surface area is 157 Å². The number of carbonyl (C=O) groups is 1. The van der Waals surface area contributed by atoms with E-state index < -0.39 is 5.97 Å². The molecule has 1 aliphatic rings. The Morgan fingerprint density at radius 1 is 1.19 bits per heavy atom. The first-order chi connectivity index (χ1) is 13.0. The van der Waals surface area contributed by atoms with Crippen molar-refractivity contribution in [3.8, 4) is 11.3 Å². The summed E-state index contributed by atoms with van der Waals surface area (Å²) >= 11 is 0. The average molecular weight is 359 g/mol. The van der Waals surface area contributed by atoms with Crippen LogP contribution >= 0.6 is 0 Å². The lowest BCUT2D eigenvalue weighted by molar-refractivity contribution is 0.0696. The van der Waals surface area contributed by atoms with Gasteiger partial charge in [0.2, 0.25) is 0 Å². The third-order valence-electron chi connectivity index (χ3n) is 5.43. The number of rotatable bonds is 3. The highest BCUT2D eigenvalue weighted by Crippen LogP contribution is 2.37. The van der Waals surface area contributed by atoms with Gasteiger partial charge < -0.3 is 16.2 Å². The number of nitrogens with zero attached hydrogens (tertiary/aromatic N) is 1. The second-order valence-corrected chi connectivity index (χ2v) is 7.07. The van der Waals surface area contributed by atoms with Crippen LogP contribution in [0.3, 0.4) is 0 Å². The van der Waals surface area contributed by atoms with Crippen LogP contribution in [-0.2, 0) is 12.8 Å². The highest BCUT2D eigenvalue weighted by atomic mass is 16.4. The van der Waals surface area contributed by atoms with Gasteiger partial charge in [0, 0.05) is 28.4 Å². The van der Waals surface area contributed by atoms with Crippen molar-refractivity contribution in [2.75, 3.05) is 5.73 Å². The molecule has 1 aliphatic carbocycles. The zero-order valence-corrected chi connectivity index (χ0v) is 15.2. The largest absolute Gasteiger partial charge is 0.478 e. The molecule has 0 atom stereocenters. The lowest BCUT2D eigenvalue weighted by atomic mass is 9.84. The minimum Gasteiger partial charge on any atom is -0.478 e. The Hall–Kier alpha value is -3.21. The van der Waals surface area contributed by atoms with Gasteiger partial charge in [0.1, 0.15) is 0 Å². The first-order valence-corrected chi connectivity index (χ1v) is 9.10. The van der Waals surface area contributed by atoms with Crippen LogP contribution in [0.25, 0.3) is 22.2 Å². The minimum absolute atomic E-state index is 0.302. The third kappa shape index (κ3) is 2.76. The van der Waals surface area contributed by atoms with Crippen molar-refractivity contribution in [1.82, 2.24) is 4.98 Å². The molecule has 1 aromatic heterocycles. The number of aryl methyl sites for hydroxylation is 2. The van der Waals surface area contributed by atoms with Crippen LogP contribution in [0, 0.1) is 12.3 Å². The molecule has 0 saturated carbocycles. The van der Waals surface area contributed by atoms with Crippen LogP contribution in [0.4, 0.5) is 5.69 Å². The molecule has 27 heavy (non-hydrogen) atoms. The molecular formula is C22H21N3O2. The summed E-state index contributed by atoms with van der Waals surface area (Å²) in [6.45, 7) is 1.80. The summed E-state index contributed by atoms with van der Waals surface area (Å²) in [5, 5.41) is 18.3. The average Bonchev–Trinajstić information content (AvgIpc) is 2.67. The molecule has 0 saturated heterocycles. The van der Waals surface area contributed by atoms with Crippen molar-refractivity contribution >= 4 is 28.8 Å². The van der Waals surface area contributed by atoms with Crippen molar-refractivity contribution in [1.29, 1.82) is 5.41 Å². The molecule has 0 unspecified atom stereocenters. The van der Waals surface area contributed by atoms with E-state index in [9.17, 15) is 9.90 Å². The quantitative estimate of drug-likeness (QED) is 0.477. The monoisotopic (exact) mass is 359 g/mol. The first kappa shape index (κ1) is 17.2. The summed E-state index contributed by atoms with van der Waals surface area (Å²) in [6.07, 6.45) is 5.29. The summed E-state index contributed by atoms with van der Waals surface area (Å²) in [5.41, 5.74) is 13.3. The minimum atomic E-state index is -0.928. The molecule has 0 aliphatic heterocycles. The van der Waals surface area contributed by atoms with Gasteiger partial charge in [0.05, 0.1) is 16.8 Å². The van der Waals surface area contributed by atoms with Crippen molar-refractivity contribution in [3.05, 3.63) is 58.1 Å². The zero-order valence-electron chi connectivity index (χ0n) is 15.2. The van der Waals surface area contributed by atoms with Gasteiger partial charge in [-0.25, -0.2) is 9.78 Å². The number of aromatic carboxylic acids is 1. The fourth-order valence-electron chi connectivity index (χ4n) is 4.06. The fraction of sp³-hybridized carbons (Fsp3) is 0.227. The molecule has 0 fully saturated rings. The van der Waals surface area contributed by atoms with E-state index in [0.717, 1.165) is 64.5 Å². The number of benzene rings is 2. The van der Waals surface area contributed by atoms with Crippen molar-refractivity contribution in [2.45, 2.75) is 32.6 Å². The number of nitrogens with one attached hydrogen (secondary N) is 1. The molecule has 136 valence electrons. The maximum absolute atomic E-state index is 11.6. The summed E-state index contributed by atoms with van der Waals surface area (Å²) in [7, 11) is 0. The highest BCUT2D eigenvalue weighted by Gasteiger charge is 2.22. The maximum Gasteiger partial charge on any atom is 0.335 e. The molecule has 0 bridgehead atoms. The molecule has 1 heterocycles. The number of anilines is 1. The van der Waals surface area contributed by atoms with Crippen molar-refractivity contribution in [2.24, 2.45) is 0 Å². The lowest BCUT2D eigenvalue weighted by Crippen LogP contribution is -2.10. The predicted molar refractivity (Wildman–Crippen MR) is 108 cm³/mol. The number of carboxylic acids is 1. The molecular weight excluding hydrogens is 338 g/mol. The van der Waals surface area contributed by atoms with E-state index in [2.05, 4.69) is 0 Å². The second kappa shape index (κ2) is 6.50. The van der Waals surface area contributed by atoms with E-state index in [1.165, 1.54) is 11.8 Å². The van der Waals surface area contributed by atoms with Crippen molar-refractivity contribution in [3.63, 3.8) is 0 Å². The van der Waals surface area contributed by atoms with Gasteiger partial charge in [-0.3, -0.25) is 0 Å². The standard InChI is InChI=1S/C22H21N3O2/c1-12-6-7-13(10-16(12)22(26)27)21-15-5-3-2-4-14(15)20-17(11-23)18(24)8-9-19(20)25-21/h6-11,23H,2-5,24H2,1H3,(H,26,27). The van der Waals surface area contributed by atoms with Gasteiger partial charge in [-0.15, -0.1) is 0 Å². The van der Waals surface area contributed by atoms with E-state index in [4.69, 9.17) is 16.1 Å². The molecule has 4 rings (SSSR count). The number of nitrogens with two attached hydrogens (primary N) is 1. The summed E-state index contributed by atoms with van der Waals surface area (Å²) < 4.78 is 0. The number of aromatic nitrogens is 1. The molecule has 4 N–H and O–H groups in total. The first-order valence-electron chi connectivity index (χ1n) is 9.10. The number of carboxylic acid groups (broad SMARTS) is 1. The van der Waals surface area contributed by atoms with Crippen LogP contribution < -0.4 is 5.73 Å². The summed E-state index contributed by atoms with van der Waals surface area (Å²) in [5.74, 6) is -0.928. The van der Waals surface area contributed by atoms with Gasteiger partial charge in [0.25, 0.3) is 0 Å². The van der Waals surface area contributed by atoms with Crippen LogP contribution in [0.2, 0.25) is 0 Å². The number of hydrogen-bond donors (Lipinski definition) is 3. The fourth-order valence-corrected chi connectivity index (χ4v) is 4.06. The van der Waals surface area contributed by atoms with Gasteiger partial charge in [-0.1, -0.05) is 12.1 Å². The topological polar surface area (TPSA) is 100 Å². The maximum atomic E-state index is 11.6. The van der Waals surface area contributed by atoms with Gasteiger partial charge in [-0.05, 0) is 67.5 Å². The Morgan fingerprint density at radius 2 is 1.93 bits per heavy atom. The molecule has 0 amide bonds. The number of nitrogen functional groups attached to an aromatic ring is 1. The van der Waals surface area contributed by atoms with E-state index >= 15 is 0 Å². The molecule has 5 heteroatoms. The van der Waals surface area contributed by atoms with E-state index in [-0.39, 0.29) is 0 Å². The number of fused-ring (bicyclic) bond motifs is 3. The normalized spacial score (nSPS) is 13.4. The number of pyridine rings is 1. The summed E-state index contributed by atoms with van der Waals surface area (Å²) in [6, 6.07) is 9.18. The van der Waals surface area contributed by atoms with Crippen LogP contribution in [0.15, 0.2) is 30.3 Å². The number of hydrogen-bond acceptors (Lipinski definition) is 4. The molecule has 3 aromatic rings. The molecule has 0 spiro atoms. The van der Waals surface area contributed by atoms with E-state index in [0.29, 0.717) is 11.3 Å². The Bertz CT molecular complexity index is 1100. The Kier molecular flexibility index (Phi) is 4.15. The van der Waals surface area contributed by atoms with Gasteiger partial charge >= 0.3 is 5.97 Å². The zero-order chi connectivity index (χ0) is 19.1. The Balaban J connectivity index is 2.06. The molecule has 2 aromatic carbocycles. The SMILES string of the molecule is Cc1ccc(-c2nc3ccc(N)c(C=N)c3c3c2CCCC3)cc1C(=O)O. The second-order valence-electron chi connectivity index (χ2n) is 7.07. The predicted octanol–water partition coefficient (Wildman–Crippen LogP) is 4.37. The Morgan fingerprint density at radius 3 is 2.63 bits per heavy atom. The third-order valence-corrected chi connectivity index (χ3v) is 5.43. The van der Waals surface area contributed by atoms with E-state index in [1.807, 2.05) is 18.2 Å². The smallest absolute Gasteiger partial charge is 0.335 e. The molecule has 5 nitrogen and oxygen atoms in total. The molecule has 0 radical (unpaired) electrons. The van der Waals surface area contributed by atoms with Crippen LogP contribution in [-0.4, -0.2) is 22.3 Å². The van der Waals surface area contributed by atoms with Gasteiger partial charge in [0.15, 0.2) is 0 Å². The van der Waals surface area contributed by atoms with Crippen molar-refractivity contribution < 1.29 is 9.90 Å². The van der Waals surface area contributed by atoms with Crippen LogP contribution in [0.1, 0.15) is 45.5 Å². The lowest BCUT2D eigenvalue weighted by Gasteiger charge is -2.23. The highest BCUT2D eigenvalue weighted by molar-refractivity contribution is 6.05. The van der Waals surface area contributed by atoms with E-state index in [1.54, 1.807) is 19.1 Å². The van der Waals surface area contributed by atoms with Crippen LogP contribution in [0.5, 0.6) is 0 Å². The van der Waals surface area contributed by atoms with Gasteiger partial charge in [-0.2, -0.15) is 0 Å².